The van der Waals surface area contributed by atoms with Gasteiger partial charge in [0.05, 0.1) is 41.9 Å². The molecule has 30 heavy (non-hydrogen) atoms. The third kappa shape index (κ3) is 3.59. The molecule has 1 unspecified atom stereocenters. The number of halogens is 1. The second kappa shape index (κ2) is 7.75. The molecule has 1 aromatic heterocycles. The number of ether oxygens (including phenoxy) is 2. The van der Waals surface area contributed by atoms with Gasteiger partial charge in [-0.25, -0.2) is 4.79 Å². The van der Waals surface area contributed by atoms with Gasteiger partial charge in [-0.2, -0.15) is 0 Å². The molecule has 1 fully saturated rings. The maximum atomic E-state index is 12.8. The fraction of sp³-hybridized carbons (Fsp3) is 0.250. The molecule has 156 valence electrons. The monoisotopic (exact) mass is 430 g/mol. The number of rotatable bonds is 5. The third-order valence-electron chi connectivity index (χ3n) is 5.02. The minimum Gasteiger partial charge on any atom is -0.495 e. The van der Waals surface area contributed by atoms with Crippen molar-refractivity contribution >= 4 is 45.8 Å². The number of nitrogens with one attached hydrogen (secondary N) is 3. The Labute approximate surface area is 175 Å². The Balaban J connectivity index is 1.53. The zero-order valence-electron chi connectivity index (χ0n) is 16.2. The average Bonchev–Trinajstić information content (AvgIpc) is 3.29. The van der Waals surface area contributed by atoms with Crippen LogP contribution in [0.15, 0.2) is 35.1 Å². The highest BCUT2D eigenvalue weighted by atomic mass is 35.5. The van der Waals surface area contributed by atoms with E-state index in [2.05, 4.69) is 15.3 Å². The van der Waals surface area contributed by atoms with E-state index in [1.165, 1.54) is 19.1 Å². The number of imidazole rings is 1. The Hall–Kier alpha value is -3.46. The van der Waals surface area contributed by atoms with E-state index in [0.29, 0.717) is 38.9 Å². The maximum absolute atomic E-state index is 12.8. The number of amides is 2. The van der Waals surface area contributed by atoms with Crippen LogP contribution in [0.25, 0.3) is 11.0 Å². The first-order chi connectivity index (χ1) is 14.4. The molecular weight excluding hydrogens is 412 g/mol. The molecule has 1 aliphatic rings. The summed E-state index contributed by atoms with van der Waals surface area (Å²) in [5, 5.41) is 3.14. The number of carbonyl (C=O) groups excluding carboxylic acids is 2. The lowest BCUT2D eigenvalue weighted by molar-refractivity contribution is -0.122. The predicted molar refractivity (Wildman–Crippen MR) is 113 cm³/mol. The first-order valence-electron chi connectivity index (χ1n) is 9.14. The summed E-state index contributed by atoms with van der Waals surface area (Å²) in [5.74, 6) is -0.199. The molecule has 4 rings (SSSR count). The van der Waals surface area contributed by atoms with Crippen LogP contribution in [-0.2, 0) is 9.59 Å². The second-order valence-electron chi connectivity index (χ2n) is 6.89. The first-order valence-corrected chi connectivity index (χ1v) is 9.52. The van der Waals surface area contributed by atoms with Crippen LogP contribution in [0.1, 0.15) is 6.42 Å². The molecule has 3 N–H and O–H groups in total. The van der Waals surface area contributed by atoms with E-state index in [-0.39, 0.29) is 30.5 Å². The molecule has 1 atom stereocenters. The van der Waals surface area contributed by atoms with Crippen molar-refractivity contribution in [3.8, 4) is 11.5 Å². The Morgan fingerprint density at radius 1 is 1.10 bits per heavy atom. The molecule has 1 aliphatic heterocycles. The predicted octanol–water partition coefficient (Wildman–Crippen LogP) is 2.52. The van der Waals surface area contributed by atoms with Crippen LogP contribution in [0.5, 0.6) is 11.5 Å². The van der Waals surface area contributed by atoms with E-state index in [4.69, 9.17) is 21.1 Å². The lowest BCUT2D eigenvalue weighted by Crippen LogP contribution is -2.28. The van der Waals surface area contributed by atoms with Gasteiger partial charge < -0.3 is 29.7 Å². The third-order valence-corrected chi connectivity index (χ3v) is 5.32. The summed E-state index contributed by atoms with van der Waals surface area (Å²) < 4.78 is 10.6. The summed E-state index contributed by atoms with van der Waals surface area (Å²) in [5.41, 5.74) is 1.91. The van der Waals surface area contributed by atoms with Crippen molar-refractivity contribution in [1.82, 2.24) is 9.97 Å². The van der Waals surface area contributed by atoms with E-state index in [9.17, 15) is 14.4 Å². The number of nitrogens with zero attached hydrogens (tertiary/aromatic N) is 1. The van der Waals surface area contributed by atoms with E-state index in [1.807, 2.05) is 0 Å². The minimum absolute atomic E-state index is 0.0574. The number of carbonyl (C=O) groups is 2. The number of benzene rings is 2. The lowest BCUT2D eigenvalue weighted by Gasteiger charge is -2.21. The SMILES string of the molecule is COc1cc(OC)c(N2CC(C(=O)Nc3ccc4[nH]c(=O)[nH]c4c3)CC2=O)cc1Cl. The highest BCUT2D eigenvalue weighted by Gasteiger charge is 2.36. The van der Waals surface area contributed by atoms with Crippen molar-refractivity contribution in [3.63, 3.8) is 0 Å². The van der Waals surface area contributed by atoms with Crippen LogP contribution in [0.4, 0.5) is 11.4 Å². The first kappa shape index (κ1) is 19.8. The summed E-state index contributed by atoms with van der Waals surface area (Å²) in [6.07, 6.45) is 0.0574. The number of aromatic nitrogens is 2. The van der Waals surface area contributed by atoms with Gasteiger partial charge in [-0.3, -0.25) is 9.59 Å². The van der Waals surface area contributed by atoms with Crippen molar-refractivity contribution in [1.29, 1.82) is 0 Å². The van der Waals surface area contributed by atoms with Crippen LogP contribution in [0, 0.1) is 5.92 Å². The molecule has 0 aliphatic carbocycles. The maximum Gasteiger partial charge on any atom is 0.323 e. The topological polar surface area (TPSA) is 117 Å². The van der Waals surface area contributed by atoms with Gasteiger partial charge in [0.25, 0.3) is 0 Å². The standard InChI is InChI=1S/C20H19ClN4O5/c1-29-16-8-17(30-2)15(7-12(16)21)25-9-10(5-18(25)26)19(27)22-11-3-4-13-14(6-11)24-20(28)23-13/h3-4,6-8,10H,5,9H2,1-2H3,(H,22,27)(H2,23,24,28). The number of fused-ring (bicyclic) bond motifs is 1. The van der Waals surface area contributed by atoms with Crippen LogP contribution >= 0.6 is 11.6 Å². The number of methoxy groups -OCH3 is 2. The van der Waals surface area contributed by atoms with Crippen LogP contribution in [0.3, 0.4) is 0 Å². The van der Waals surface area contributed by atoms with Gasteiger partial charge >= 0.3 is 5.69 Å². The summed E-state index contributed by atoms with van der Waals surface area (Å²) in [7, 11) is 2.97. The van der Waals surface area contributed by atoms with E-state index >= 15 is 0 Å². The molecule has 0 bridgehead atoms. The molecule has 10 heteroatoms. The van der Waals surface area contributed by atoms with Crippen LogP contribution in [0.2, 0.25) is 5.02 Å². The largest absolute Gasteiger partial charge is 0.495 e. The fourth-order valence-electron chi connectivity index (χ4n) is 3.53. The average molecular weight is 431 g/mol. The zero-order valence-corrected chi connectivity index (χ0v) is 17.0. The smallest absolute Gasteiger partial charge is 0.323 e. The van der Waals surface area contributed by atoms with Crippen molar-refractivity contribution in [2.24, 2.45) is 5.92 Å². The van der Waals surface area contributed by atoms with Crippen molar-refractivity contribution in [2.75, 3.05) is 31.0 Å². The van der Waals surface area contributed by atoms with Crippen LogP contribution in [-0.4, -0.2) is 42.5 Å². The molecule has 3 aromatic rings. The van der Waals surface area contributed by atoms with Crippen molar-refractivity contribution in [2.45, 2.75) is 6.42 Å². The molecule has 1 saturated heterocycles. The van der Waals surface area contributed by atoms with Gasteiger partial charge in [-0.1, -0.05) is 11.6 Å². The second-order valence-corrected chi connectivity index (χ2v) is 7.30. The Morgan fingerprint density at radius 3 is 2.57 bits per heavy atom. The highest BCUT2D eigenvalue weighted by molar-refractivity contribution is 6.32. The quantitative estimate of drug-likeness (QED) is 0.575. The molecule has 9 nitrogen and oxygen atoms in total. The minimum atomic E-state index is -0.552. The van der Waals surface area contributed by atoms with Gasteiger partial charge in [0.2, 0.25) is 11.8 Å². The Bertz CT molecular complexity index is 1200. The molecule has 0 spiro atoms. The molecule has 0 radical (unpaired) electrons. The Kier molecular flexibility index (Phi) is 5.13. The van der Waals surface area contributed by atoms with E-state index in [0.717, 1.165) is 0 Å². The molecule has 2 aromatic carbocycles. The summed E-state index contributed by atoms with van der Waals surface area (Å²) in [4.78, 5) is 43.5. The van der Waals surface area contributed by atoms with Crippen molar-refractivity contribution < 1.29 is 19.1 Å². The van der Waals surface area contributed by atoms with E-state index in [1.54, 1.807) is 30.3 Å². The van der Waals surface area contributed by atoms with Gasteiger partial charge in [0.15, 0.2) is 0 Å². The van der Waals surface area contributed by atoms with Crippen molar-refractivity contribution in [3.05, 3.63) is 45.8 Å². The summed E-state index contributed by atoms with van der Waals surface area (Å²) in [6, 6.07) is 8.23. The van der Waals surface area contributed by atoms with E-state index < -0.39 is 5.92 Å². The molecule has 0 saturated carbocycles. The summed E-state index contributed by atoms with van der Waals surface area (Å²) >= 11 is 6.21. The number of hydrogen-bond acceptors (Lipinski definition) is 5. The Morgan fingerprint density at radius 2 is 1.83 bits per heavy atom. The molecule has 2 heterocycles. The van der Waals surface area contributed by atoms with Gasteiger partial charge in [0.1, 0.15) is 11.5 Å². The van der Waals surface area contributed by atoms with Gasteiger partial charge in [-0.15, -0.1) is 0 Å². The number of H-pyrrole nitrogens is 2. The molecular formula is C20H19ClN4O5. The summed E-state index contributed by atoms with van der Waals surface area (Å²) in [6.45, 7) is 0.187. The number of hydrogen-bond donors (Lipinski definition) is 3. The highest BCUT2D eigenvalue weighted by Crippen LogP contribution is 2.40. The van der Waals surface area contributed by atoms with Crippen LogP contribution < -0.4 is 25.4 Å². The van der Waals surface area contributed by atoms with Gasteiger partial charge in [0, 0.05) is 24.7 Å². The fourth-order valence-corrected chi connectivity index (χ4v) is 3.76. The zero-order chi connectivity index (χ0) is 21.4. The molecule has 2 amide bonds. The lowest BCUT2D eigenvalue weighted by atomic mass is 10.1. The van der Waals surface area contributed by atoms with Gasteiger partial charge in [-0.05, 0) is 24.3 Å². The number of aromatic amines is 2. The normalized spacial score (nSPS) is 16.2. The number of anilines is 2.